The summed E-state index contributed by atoms with van der Waals surface area (Å²) in [5, 5.41) is 27.7. The third-order valence-electron chi connectivity index (χ3n) is 2.06. The lowest BCUT2D eigenvalue weighted by molar-refractivity contribution is 0.00618. The number of thiophene rings is 1. The molecule has 6 nitrogen and oxygen atoms in total. The van der Waals surface area contributed by atoms with Crippen LogP contribution in [0.15, 0.2) is 12.1 Å². The topological polar surface area (TPSA) is 116 Å². The van der Waals surface area contributed by atoms with Gasteiger partial charge in [-0.25, -0.2) is 5.84 Å². The zero-order chi connectivity index (χ0) is 12.1. The first-order valence-electron chi connectivity index (χ1n) is 4.67. The Morgan fingerprint density at radius 3 is 2.75 bits per heavy atom. The van der Waals surface area contributed by atoms with Crippen molar-refractivity contribution in [1.82, 2.24) is 5.43 Å². The van der Waals surface area contributed by atoms with Gasteiger partial charge in [-0.1, -0.05) is 0 Å². The molecule has 0 saturated carbocycles. The van der Waals surface area contributed by atoms with Crippen molar-refractivity contribution in [2.24, 2.45) is 5.84 Å². The van der Waals surface area contributed by atoms with Crippen LogP contribution in [0.3, 0.4) is 0 Å². The van der Waals surface area contributed by atoms with Crippen molar-refractivity contribution in [3.8, 4) is 0 Å². The van der Waals surface area contributed by atoms with E-state index < -0.39 is 18.1 Å². The van der Waals surface area contributed by atoms with Crippen molar-refractivity contribution in [2.75, 3.05) is 6.61 Å². The molecule has 1 heterocycles. The van der Waals surface area contributed by atoms with Crippen LogP contribution < -0.4 is 11.3 Å². The van der Waals surface area contributed by atoms with Crippen LogP contribution in [0.1, 0.15) is 27.1 Å². The first kappa shape index (κ1) is 13.1. The second-order valence-corrected chi connectivity index (χ2v) is 4.32. The van der Waals surface area contributed by atoms with E-state index in [1.807, 2.05) is 5.43 Å². The monoisotopic (exact) mass is 246 g/mol. The van der Waals surface area contributed by atoms with Crippen LogP contribution in [-0.4, -0.2) is 33.9 Å². The Kier molecular flexibility index (Phi) is 4.84. The molecule has 0 aliphatic rings. The molecule has 0 aliphatic heterocycles. The second-order valence-electron chi connectivity index (χ2n) is 3.20. The highest BCUT2D eigenvalue weighted by Gasteiger charge is 2.20. The molecule has 90 valence electrons. The van der Waals surface area contributed by atoms with Crippen molar-refractivity contribution < 1.29 is 20.1 Å². The Bertz CT molecular complexity index is 355. The molecular weight excluding hydrogens is 232 g/mol. The average molecular weight is 246 g/mol. The Morgan fingerprint density at radius 2 is 2.19 bits per heavy atom. The number of nitrogens with two attached hydrogens (primary N) is 1. The lowest BCUT2D eigenvalue weighted by Crippen LogP contribution is -2.29. The van der Waals surface area contributed by atoms with Gasteiger partial charge in [-0.3, -0.25) is 10.2 Å². The molecule has 0 fully saturated rings. The van der Waals surface area contributed by atoms with Crippen molar-refractivity contribution in [2.45, 2.75) is 18.6 Å². The third kappa shape index (κ3) is 3.00. The molecule has 2 atom stereocenters. The van der Waals surface area contributed by atoms with Crippen LogP contribution >= 0.6 is 11.3 Å². The molecule has 7 heteroatoms. The molecule has 1 aromatic rings. The molecule has 0 aliphatic carbocycles. The van der Waals surface area contributed by atoms with Crippen LogP contribution in [-0.2, 0) is 0 Å². The van der Waals surface area contributed by atoms with E-state index >= 15 is 0 Å². The van der Waals surface area contributed by atoms with Crippen LogP contribution in [0.25, 0.3) is 0 Å². The fraction of sp³-hybridized carbons (Fsp3) is 0.444. The van der Waals surface area contributed by atoms with E-state index in [1.165, 1.54) is 6.07 Å². The number of hydrogen-bond donors (Lipinski definition) is 5. The van der Waals surface area contributed by atoms with E-state index in [-0.39, 0.29) is 13.0 Å². The predicted molar refractivity (Wildman–Crippen MR) is 58.6 cm³/mol. The van der Waals surface area contributed by atoms with E-state index in [0.717, 1.165) is 11.3 Å². The molecule has 0 spiro atoms. The molecule has 0 radical (unpaired) electrons. The fourth-order valence-electron chi connectivity index (χ4n) is 1.18. The Hall–Kier alpha value is -0.990. The summed E-state index contributed by atoms with van der Waals surface area (Å²) in [4.78, 5) is 11.9. The Morgan fingerprint density at radius 1 is 1.50 bits per heavy atom. The molecule has 0 saturated heterocycles. The molecule has 6 N–H and O–H groups in total. The molecule has 16 heavy (non-hydrogen) atoms. The van der Waals surface area contributed by atoms with Crippen molar-refractivity contribution in [3.05, 3.63) is 21.9 Å². The van der Waals surface area contributed by atoms with Crippen LogP contribution in [0.4, 0.5) is 0 Å². The van der Waals surface area contributed by atoms with Crippen LogP contribution in [0, 0.1) is 0 Å². The van der Waals surface area contributed by atoms with Gasteiger partial charge in [0.25, 0.3) is 5.91 Å². The largest absolute Gasteiger partial charge is 0.396 e. The highest BCUT2D eigenvalue weighted by atomic mass is 32.1. The highest BCUT2D eigenvalue weighted by Crippen LogP contribution is 2.26. The van der Waals surface area contributed by atoms with Gasteiger partial charge in [-0.15, -0.1) is 11.3 Å². The van der Waals surface area contributed by atoms with Gasteiger partial charge < -0.3 is 15.3 Å². The van der Waals surface area contributed by atoms with Gasteiger partial charge in [0.1, 0.15) is 6.10 Å². The second kappa shape index (κ2) is 5.92. The molecule has 1 rings (SSSR count). The molecule has 0 bridgehead atoms. The average Bonchev–Trinajstić information content (AvgIpc) is 2.76. The number of nitrogens with one attached hydrogen (secondary N) is 1. The predicted octanol–water partition coefficient (Wildman–Crippen LogP) is -0.872. The molecule has 2 unspecified atom stereocenters. The number of hydrogen-bond acceptors (Lipinski definition) is 6. The van der Waals surface area contributed by atoms with Crippen LogP contribution in [0.2, 0.25) is 0 Å². The van der Waals surface area contributed by atoms with Crippen molar-refractivity contribution in [3.63, 3.8) is 0 Å². The van der Waals surface area contributed by atoms with E-state index in [2.05, 4.69) is 0 Å². The summed E-state index contributed by atoms with van der Waals surface area (Å²) in [6.45, 7) is -0.209. The number of aliphatic hydroxyl groups excluding tert-OH is 3. The number of aliphatic hydroxyl groups is 3. The quantitative estimate of drug-likeness (QED) is 0.263. The minimum Gasteiger partial charge on any atom is -0.396 e. The van der Waals surface area contributed by atoms with Gasteiger partial charge in [-0.05, 0) is 18.6 Å². The summed E-state index contributed by atoms with van der Waals surface area (Å²) in [6, 6.07) is 3.05. The van der Waals surface area contributed by atoms with Crippen molar-refractivity contribution in [1.29, 1.82) is 0 Å². The lowest BCUT2D eigenvalue weighted by atomic mass is 10.1. The highest BCUT2D eigenvalue weighted by molar-refractivity contribution is 7.14. The maximum atomic E-state index is 11.1. The summed E-state index contributed by atoms with van der Waals surface area (Å²) in [6.07, 6.45) is -2.06. The first-order chi connectivity index (χ1) is 7.60. The van der Waals surface area contributed by atoms with E-state index in [4.69, 9.17) is 10.9 Å². The summed E-state index contributed by atoms with van der Waals surface area (Å²) in [7, 11) is 0. The number of carbonyl (C=O) groups excluding carboxylic acids is 1. The maximum absolute atomic E-state index is 11.1. The van der Waals surface area contributed by atoms with Gasteiger partial charge in [0.15, 0.2) is 0 Å². The molecule has 1 amide bonds. The number of carbonyl (C=O) groups is 1. The van der Waals surface area contributed by atoms with E-state index in [1.54, 1.807) is 6.07 Å². The molecular formula is C9H14N2O4S. The smallest absolute Gasteiger partial charge is 0.275 e. The van der Waals surface area contributed by atoms with Gasteiger partial charge in [-0.2, -0.15) is 0 Å². The van der Waals surface area contributed by atoms with Gasteiger partial charge in [0.2, 0.25) is 0 Å². The standard InChI is InChI=1S/C9H14N2O4S/c10-11-9(15)7-2-1-6(16-7)8(14)5(13)3-4-12/h1-2,5,8,12-14H,3-4,10H2,(H,11,15). The van der Waals surface area contributed by atoms with E-state index in [0.29, 0.717) is 9.75 Å². The lowest BCUT2D eigenvalue weighted by Gasteiger charge is -2.14. The summed E-state index contributed by atoms with van der Waals surface area (Å²) < 4.78 is 0. The van der Waals surface area contributed by atoms with Gasteiger partial charge >= 0.3 is 0 Å². The SMILES string of the molecule is NNC(=O)c1ccc(C(O)C(O)CCO)s1. The van der Waals surface area contributed by atoms with Gasteiger partial charge in [0, 0.05) is 11.5 Å². The summed E-state index contributed by atoms with van der Waals surface area (Å²) in [5.41, 5.74) is 1.98. The van der Waals surface area contributed by atoms with E-state index in [9.17, 15) is 15.0 Å². The summed E-state index contributed by atoms with van der Waals surface area (Å²) >= 11 is 1.04. The third-order valence-corrected chi connectivity index (χ3v) is 3.22. The Balaban J connectivity index is 2.73. The fourth-order valence-corrected chi connectivity index (χ4v) is 2.14. The van der Waals surface area contributed by atoms with Crippen molar-refractivity contribution >= 4 is 17.2 Å². The van der Waals surface area contributed by atoms with Gasteiger partial charge in [0.05, 0.1) is 11.0 Å². The number of hydrazine groups is 1. The molecule has 1 aromatic heterocycles. The minimum atomic E-state index is -1.10. The normalized spacial score (nSPS) is 14.5. The number of nitrogen functional groups attached to an aromatic ring is 1. The minimum absolute atomic E-state index is 0.0808. The number of rotatable bonds is 5. The Labute approximate surface area is 96.3 Å². The molecule has 0 aromatic carbocycles. The first-order valence-corrected chi connectivity index (χ1v) is 5.49. The van der Waals surface area contributed by atoms with Crippen LogP contribution in [0.5, 0.6) is 0 Å². The zero-order valence-electron chi connectivity index (χ0n) is 8.46. The summed E-state index contributed by atoms with van der Waals surface area (Å²) in [5.74, 6) is 4.51. The number of amides is 1. The zero-order valence-corrected chi connectivity index (χ0v) is 9.28. The maximum Gasteiger partial charge on any atom is 0.275 e.